The zero-order valence-electron chi connectivity index (χ0n) is 12.6. The van der Waals surface area contributed by atoms with Crippen molar-refractivity contribution < 1.29 is 9.53 Å². The molecule has 0 aliphatic carbocycles. The van der Waals surface area contributed by atoms with E-state index in [9.17, 15) is 4.79 Å². The number of benzene rings is 2. The zero-order valence-corrected chi connectivity index (χ0v) is 13.5. The smallest absolute Gasteiger partial charge is 0.264 e. The molecule has 3 aromatic rings. The minimum absolute atomic E-state index is 0.0386. The summed E-state index contributed by atoms with van der Waals surface area (Å²) >= 11 is 1.56. The van der Waals surface area contributed by atoms with Crippen LogP contribution in [0, 0.1) is 0 Å². The summed E-state index contributed by atoms with van der Waals surface area (Å²) < 4.78 is 7.00. The number of thiophene rings is 1. The van der Waals surface area contributed by atoms with Gasteiger partial charge < -0.3 is 9.64 Å². The van der Waals surface area contributed by atoms with Crippen LogP contribution in [0.5, 0.6) is 0 Å². The van der Waals surface area contributed by atoms with Crippen LogP contribution in [-0.2, 0) is 4.74 Å². The highest BCUT2D eigenvalue weighted by atomic mass is 32.1. The Morgan fingerprint density at radius 2 is 1.87 bits per heavy atom. The fourth-order valence-corrected chi connectivity index (χ4v) is 3.98. The van der Waals surface area contributed by atoms with Gasteiger partial charge in [0.05, 0.1) is 18.0 Å². The molecule has 1 aliphatic rings. The van der Waals surface area contributed by atoms with Gasteiger partial charge in [-0.1, -0.05) is 48.5 Å². The number of ether oxygens (including phenoxy) is 1. The third-order valence-electron chi connectivity index (χ3n) is 4.16. The van der Waals surface area contributed by atoms with Gasteiger partial charge in [-0.3, -0.25) is 4.79 Å². The van der Waals surface area contributed by atoms with Gasteiger partial charge in [-0.2, -0.15) is 0 Å². The van der Waals surface area contributed by atoms with Crippen molar-refractivity contribution in [2.75, 3.05) is 19.7 Å². The lowest BCUT2D eigenvalue weighted by molar-refractivity contribution is -0.0226. The predicted molar refractivity (Wildman–Crippen MR) is 92.9 cm³/mol. The first kappa shape index (κ1) is 14.4. The Kier molecular flexibility index (Phi) is 3.85. The van der Waals surface area contributed by atoms with Gasteiger partial charge in [0.1, 0.15) is 6.10 Å². The average molecular weight is 323 g/mol. The van der Waals surface area contributed by atoms with Crippen LogP contribution >= 0.6 is 11.3 Å². The first-order chi connectivity index (χ1) is 11.3. The maximum atomic E-state index is 12.8. The summed E-state index contributed by atoms with van der Waals surface area (Å²) in [5, 5.41) is 1.13. The number of fused-ring (bicyclic) bond motifs is 1. The molecule has 1 unspecified atom stereocenters. The summed E-state index contributed by atoms with van der Waals surface area (Å²) in [4.78, 5) is 15.5. The van der Waals surface area contributed by atoms with Crippen LogP contribution in [0.1, 0.15) is 21.3 Å². The molecule has 1 atom stereocenters. The maximum absolute atomic E-state index is 12.8. The lowest BCUT2D eigenvalue weighted by Crippen LogP contribution is -2.42. The molecule has 1 amide bonds. The predicted octanol–water partition coefficient (Wildman–Crippen LogP) is 4.12. The van der Waals surface area contributed by atoms with Gasteiger partial charge in [-0.25, -0.2) is 0 Å². The molecule has 1 aromatic heterocycles. The van der Waals surface area contributed by atoms with E-state index in [1.54, 1.807) is 11.3 Å². The van der Waals surface area contributed by atoms with Crippen LogP contribution in [-0.4, -0.2) is 30.5 Å². The number of morpholine rings is 1. The van der Waals surface area contributed by atoms with Crippen molar-refractivity contribution in [3.05, 3.63) is 71.1 Å². The van der Waals surface area contributed by atoms with Crippen LogP contribution in [0.25, 0.3) is 10.1 Å². The number of hydrogen-bond donors (Lipinski definition) is 0. The molecule has 23 heavy (non-hydrogen) atoms. The first-order valence-corrected chi connectivity index (χ1v) is 8.57. The molecule has 4 rings (SSSR count). The third-order valence-corrected chi connectivity index (χ3v) is 5.27. The van der Waals surface area contributed by atoms with Crippen molar-refractivity contribution in [2.45, 2.75) is 6.10 Å². The molecular formula is C19H17NO2S. The van der Waals surface area contributed by atoms with E-state index in [1.807, 2.05) is 41.3 Å². The van der Waals surface area contributed by atoms with E-state index >= 15 is 0 Å². The second-order valence-electron chi connectivity index (χ2n) is 5.67. The Morgan fingerprint density at radius 1 is 1.09 bits per heavy atom. The second-order valence-corrected chi connectivity index (χ2v) is 6.75. The zero-order chi connectivity index (χ0) is 15.6. The minimum atomic E-state index is -0.0386. The highest BCUT2D eigenvalue weighted by molar-refractivity contribution is 7.20. The fraction of sp³-hybridized carbons (Fsp3) is 0.211. The number of hydrogen-bond acceptors (Lipinski definition) is 3. The fourth-order valence-electron chi connectivity index (χ4n) is 2.95. The molecule has 3 nitrogen and oxygen atoms in total. The van der Waals surface area contributed by atoms with Crippen LogP contribution in [0.15, 0.2) is 60.7 Å². The van der Waals surface area contributed by atoms with Crippen LogP contribution in [0.2, 0.25) is 0 Å². The third kappa shape index (κ3) is 2.87. The number of carbonyl (C=O) groups is 1. The Labute approximate surface area is 139 Å². The van der Waals surface area contributed by atoms with E-state index in [2.05, 4.69) is 24.3 Å². The monoisotopic (exact) mass is 323 g/mol. The van der Waals surface area contributed by atoms with Crippen molar-refractivity contribution in [1.29, 1.82) is 0 Å². The van der Waals surface area contributed by atoms with Crippen molar-refractivity contribution in [1.82, 2.24) is 4.90 Å². The first-order valence-electron chi connectivity index (χ1n) is 7.76. The highest BCUT2D eigenvalue weighted by Crippen LogP contribution is 2.28. The van der Waals surface area contributed by atoms with E-state index in [-0.39, 0.29) is 12.0 Å². The lowest BCUT2D eigenvalue weighted by atomic mass is 10.1. The van der Waals surface area contributed by atoms with Gasteiger partial charge in [0.2, 0.25) is 0 Å². The Bertz CT molecular complexity index is 795. The highest BCUT2D eigenvalue weighted by Gasteiger charge is 2.26. The molecule has 0 saturated carbocycles. The molecule has 2 heterocycles. The average Bonchev–Trinajstić information content (AvgIpc) is 3.06. The lowest BCUT2D eigenvalue weighted by Gasteiger charge is -2.33. The van der Waals surface area contributed by atoms with E-state index < -0.39 is 0 Å². The van der Waals surface area contributed by atoms with Gasteiger partial charge in [-0.15, -0.1) is 11.3 Å². The molecule has 0 radical (unpaired) electrons. The summed E-state index contributed by atoms with van der Waals surface area (Å²) in [6.45, 7) is 1.84. The standard InChI is InChI=1S/C19H17NO2S/c21-19(18-12-15-8-4-5-9-17(15)23-18)20-10-11-22-16(13-20)14-6-2-1-3-7-14/h1-9,12,16H,10-11,13H2. The van der Waals surface area contributed by atoms with Crippen molar-refractivity contribution in [3.63, 3.8) is 0 Å². The number of carbonyl (C=O) groups excluding carboxylic acids is 1. The molecule has 116 valence electrons. The van der Waals surface area contributed by atoms with E-state index in [0.29, 0.717) is 19.7 Å². The van der Waals surface area contributed by atoms with E-state index in [1.165, 1.54) is 0 Å². The molecule has 0 spiro atoms. The Morgan fingerprint density at radius 3 is 2.70 bits per heavy atom. The van der Waals surface area contributed by atoms with Gasteiger partial charge in [0.15, 0.2) is 0 Å². The van der Waals surface area contributed by atoms with Gasteiger partial charge >= 0.3 is 0 Å². The van der Waals surface area contributed by atoms with Gasteiger partial charge in [-0.05, 0) is 23.1 Å². The van der Waals surface area contributed by atoms with Gasteiger partial charge in [0, 0.05) is 11.2 Å². The summed E-state index contributed by atoms with van der Waals surface area (Å²) in [7, 11) is 0. The van der Waals surface area contributed by atoms with Gasteiger partial charge in [0.25, 0.3) is 5.91 Å². The number of rotatable bonds is 2. The molecule has 1 aliphatic heterocycles. The second kappa shape index (κ2) is 6.14. The van der Waals surface area contributed by atoms with Crippen molar-refractivity contribution >= 4 is 27.3 Å². The largest absolute Gasteiger partial charge is 0.370 e. The summed E-state index contributed by atoms with van der Waals surface area (Å²) in [5.41, 5.74) is 1.13. The molecule has 1 saturated heterocycles. The quantitative estimate of drug-likeness (QED) is 0.710. The minimum Gasteiger partial charge on any atom is -0.370 e. The normalized spacial score (nSPS) is 18.3. The summed E-state index contributed by atoms with van der Waals surface area (Å²) in [5.74, 6) is 0.107. The topological polar surface area (TPSA) is 29.5 Å². The molecule has 4 heteroatoms. The Balaban J connectivity index is 1.56. The number of amides is 1. The SMILES string of the molecule is O=C(c1cc2ccccc2s1)N1CCOC(c2ccccc2)C1. The summed E-state index contributed by atoms with van der Waals surface area (Å²) in [6.07, 6.45) is -0.0386. The molecule has 0 bridgehead atoms. The molecule has 0 N–H and O–H groups in total. The molecule has 2 aromatic carbocycles. The Hall–Kier alpha value is -2.17. The van der Waals surface area contributed by atoms with Crippen LogP contribution in [0.4, 0.5) is 0 Å². The number of nitrogens with zero attached hydrogens (tertiary/aromatic N) is 1. The van der Waals surface area contributed by atoms with Crippen molar-refractivity contribution in [2.24, 2.45) is 0 Å². The van der Waals surface area contributed by atoms with E-state index in [0.717, 1.165) is 20.5 Å². The van der Waals surface area contributed by atoms with Crippen LogP contribution in [0.3, 0.4) is 0 Å². The summed E-state index contributed by atoms with van der Waals surface area (Å²) in [6, 6.07) is 20.2. The van der Waals surface area contributed by atoms with Crippen LogP contribution < -0.4 is 0 Å². The van der Waals surface area contributed by atoms with Crippen molar-refractivity contribution in [3.8, 4) is 0 Å². The molecular weight excluding hydrogens is 306 g/mol. The van der Waals surface area contributed by atoms with E-state index in [4.69, 9.17) is 4.74 Å². The molecule has 1 fully saturated rings. The maximum Gasteiger partial charge on any atom is 0.264 e.